The van der Waals surface area contributed by atoms with Gasteiger partial charge in [0.2, 0.25) is 0 Å². The minimum absolute atomic E-state index is 0.134. The van der Waals surface area contributed by atoms with Gasteiger partial charge in [0.25, 0.3) is 10.2 Å². The van der Waals surface area contributed by atoms with Gasteiger partial charge in [-0.15, -0.1) is 0 Å². The molecule has 1 unspecified atom stereocenters. The van der Waals surface area contributed by atoms with Crippen molar-refractivity contribution >= 4 is 27.4 Å². The third-order valence-corrected chi connectivity index (χ3v) is 5.46. The monoisotopic (exact) mass is 363 g/mol. The second-order valence-corrected chi connectivity index (χ2v) is 8.23. The summed E-state index contributed by atoms with van der Waals surface area (Å²) in [7, 11) is -3.62. The van der Waals surface area contributed by atoms with E-state index in [9.17, 15) is 13.2 Å². The topological polar surface area (TPSA) is 88.6 Å². The zero-order chi connectivity index (χ0) is 18.0. The summed E-state index contributed by atoms with van der Waals surface area (Å²) in [6.07, 6.45) is 2.29. The van der Waals surface area contributed by atoms with Gasteiger partial charge in [-0.25, -0.2) is 0 Å². The van der Waals surface area contributed by atoms with Crippen molar-refractivity contribution in [1.29, 1.82) is 0 Å². The molecular weight excluding hydrogens is 342 g/mol. The van der Waals surface area contributed by atoms with Crippen molar-refractivity contribution in [2.45, 2.75) is 26.4 Å². The third kappa shape index (κ3) is 3.97. The molecule has 7 nitrogen and oxygen atoms in total. The highest BCUT2D eigenvalue weighted by Gasteiger charge is 2.34. The van der Waals surface area contributed by atoms with Gasteiger partial charge in [0.05, 0.1) is 18.2 Å². The predicted molar refractivity (Wildman–Crippen MR) is 94.4 cm³/mol. The van der Waals surface area contributed by atoms with Crippen LogP contribution in [0.1, 0.15) is 19.4 Å². The summed E-state index contributed by atoms with van der Waals surface area (Å²) in [6.45, 7) is 5.10. The molecule has 25 heavy (non-hydrogen) atoms. The molecule has 1 atom stereocenters. The minimum atomic E-state index is -3.62. The van der Waals surface area contributed by atoms with Crippen LogP contribution in [0.15, 0.2) is 30.5 Å². The fourth-order valence-electron chi connectivity index (χ4n) is 2.69. The highest BCUT2D eigenvalue weighted by Crippen LogP contribution is 2.26. The smallest absolute Gasteiger partial charge is 0.280 e. The predicted octanol–water partition coefficient (Wildman–Crippen LogP) is 1.49. The molecular formula is C17H21N3O4S. The molecule has 134 valence electrons. The number of rotatable bonds is 6. The molecule has 1 aromatic carbocycles. The Labute approximate surface area is 147 Å². The summed E-state index contributed by atoms with van der Waals surface area (Å²) < 4.78 is 33.4. The van der Waals surface area contributed by atoms with Gasteiger partial charge in [-0.3, -0.25) is 4.98 Å². The molecule has 1 aliphatic rings. The molecule has 0 spiro atoms. The zero-order valence-corrected chi connectivity index (χ0v) is 15.0. The number of carbonyl (C=O) groups excluding carboxylic acids is 1. The first-order valence-corrected chi connectivity index (χ1v) is 9.56. The number of benzene rings is 1. The van der Waals surface area contributed by atoms with Crippen LogP contribution in [0.3, 0.4) is 0 Å². The molecule has 0 amide bonds. The van der Waals surface area contributed by atoms with Crippen LogP contribution >= 0.6 is 0 Å². The van der Waals surface area contributed by atoms with Gasteiger partial charge in [-0.2, -0.15) is 17.4 Å². The number of hydrogen-bond acceptors (Lipinski definition) is 5. The van der Waals surface area contributed by atoms with Crippen molar-refractivity contribution in [2.24, 2.45) is 5.92 Å². The van der Waals surface area contributed by atoms with Crippen molar-refractivity contribution in [2.75, 3.05) is 13.2 Å². The Morgan fingerprint density at radius 3 is 2.88 bits per heavy atom. The summed E-state index contributed by atoms with van der Waals surface area (Å²) in [5.41, 5.74) is 1.55. The molecule has 3 rings (SSSR count). The van der Waals surface area contributed by atoms with Gasteiger partial charge in [0.15, 0.2) is 0 Å². The van der Waals surface area contributed by atoms with Crippen LogP contribution in [0.2, 0.25) is 0 Å². The Morgan fingerprint density at radius 2 is 2.20 bits per heavy atom. The SMILES string of the molecule is CC(C)COc1ccnc2cc(CN3CC(C=O)NS3(=O)=O)ccc12. The van der Waals surface area contributed by atoms with Crippen LogP contribution in [0.4, 0.5) is 0 Å². The first kappa shape index (κ1) is 17.8. The van der Waals surface area contributed by atoms with Gasteiger partial charge >= 0.3 is 0 Å². The maximum absolute atomic E-state index is 12.0. The zero-order valence-electron chi connectivity index (χ0n) is 14.2. The first-order valence-electron chi connectivity index (χ1n) is 8.12. The van der Waals surface area contributed by atoms with E-state index in [2.05, 4.69) is 23.6 Å². The largest absolute Gasteiger partial charge is 0.493 e. The number of nitrogens with zero attached hydrogens (tertiary/aromatic N) is 2. The van der Waals surface area contributed by atoms with Crippen molar-refractivity contribution < 1.29 is 17.9 Å². The Hall–Kier alpha value is -2.03. The first-order chi connectivity index (χ1) is 11.9. The minimum Gasteiger partial charge on any atom is -0.493 e. The van der Waals surface area contributed by atoms with Crippen molar-refractivity contribution in [3.63, 3.8) is 0 Å². The Kier molecular flexibility index (Phi) is 5.03. The molecule has 1 aliphatic heterocycles. The normalized spacial score (nSPS) is 20.2. The van der Waals surface area contributed by atoms with Crippen molar-refractivity contribution in [1.82, 2.24) is 14.0 Å². The van der Waals surface area contributed by atoms with Crippen molar-refractivity contribution in [3.05, 3.63) is 36.0 Å². The summed E-state index contributed by atoms with van der Waals surface area (Å²) in [5, 5.41) is 0.889. The number of ether oxygens (including phenoxy) is 1. The van der Waals surface area contributed by atoms with Gasteiger partial charge in [-0.1, -0.05) is 19.9 Å². The standard InChI is InChI=1S/C17H21N3O4S/c1-12(2)11-24-17-5-6-18-16-7-13(3-4-15(16)17)8-20-9-14(10-21)19-25(20,22)23/h3-7,10,12,14,19H,8-9,11H2,1-2H3. The van der Waals surface area contributed by atoms with E-state index in [4.69, 9.17) is 4.74 Å². The Morgan fingerprint density at radius 1 is 1.40 bits per heavy atom. The van der Waals surface area contributed by atoms with Gasteiger partial charge < -0.3 is 9.53 Å². The second kappa shape index (κ2) is 7.07. The second-order valence-electron chi connectivity index (χ2n) is 6.52. The number of fused-ring (bicyclic) bond motifs is 1. The average molecular weight is 363 g/mol. The molecule has 0 bridgehead atoms. The van der Waals surface area contributed by atoms with Crippen LogP contribution < -0.4 is 9.46 Å². The fraction of sp³-hybridized carbons (Fsp3) is 0.412. The van der Waals surface area contributed by atoms with E-state index in [0.717, 1.165) is 22.2 Å². The van der Waals surface area contributed by atoms with E-state index in [1.807, 2.05) is 24.3 Å². The highest BCUT2D eigenvalue weighted by molar-refractivity contribution is 7.87. The van der Waals surface area contributed by atoms with Crippen molar-refractivity contribution in [3.8, 4) is 5.75 Å². The number of pyridine rings is 1. The molecule has 0 aliphatic carbocycles. The van der Waals surface area contributed by atoms with E-state index >= 15 is 0 Å². The number of nitrogens with one attached hydrogen (secondary N) is 1. The fourth-order valence-corrected chi connectivity index (χ4v) is 4.03. The van der Waals surface area contributed by atoms with E-state index in [1.165, 1.54) is 4.31 Å². The lowest BCUT2D eigenvalue weighted by Crippen LogP contribution is -2.30. The molecule has 0 saturated carbocycles. The molecule has 2 heterocycles. The number of aldehydes is 1. The van der Waals surface area contributed by atoms with Crippen LogP contribution in [-0.4, -0.2) is 43.2 Å². The molecule has 0 radical (unpaired) electrons. The Bertz CT molecular complexity index is 883. The third-order valence-electron chi connectivity index (χ3n) is 3.90. The lowest BCUT2D eigenvalue weighted by molar-refractivity contribution is -0.109. The van der Waals surface area contributed by atoms with Crippen LogP contribution in [0.5, 0.6) is 5.75 Å². The Balaban J connectivity index is 1.83. The van der Waals surface area contributed by atoms with Crippen LogP contribution in [-0.2, 0) is 21.5 Å². The van der Waals surface area contributed by atoms with E-state index in [1.54, 1.807) is 6.20 Å². The number of carbonyl (C=O) groups is 1. The molecule has 8 heteroatoms. The quantitative estimate of drug-likeness (QED) is 0.786. The average Bonchev–Trinajstić information content (AvgIpc) is 2.86. The number of hydrogen-bond donors (Lipinski definition) is 1. The van der Waals surface area contributed by atoms with Crippen LogP contribution in [0, 0.1) is 5.92 Å². The maximum Gasteiger partial charge on any atom is 0.280 e. The van der Waals surface area contributed by atoms with Gasteiger partial charge in [0, 0.05) is 24.7 Å². The summed E-state index contributed by atoms with van der Waals surface area (Å²) >= 11 is 0. The van der Waals surface area contributed by atoms with E-state index < -0.39 is 16.3 Å². The van der Waals surface area contributed by atoms with Gasteiger partial charge in [-0.05, 0) is 29.7 Å². The lowest BCUT2D eigenvalue weighted by Gasteiger charge is -2.14. The highest BCUT2D eigenvalue weighted by atomic mass is 32.2. The lowest BCUT2D eigenvalue weighted by atomic mass is 10.1. The molecule has 1 aromatic heterocycles. The van der Waals surface area contributed by atoms with Gasteiger partial charge in [0.1, 0.15) is 12.0 Å². The summed E-state index contributed by atoms with van der Waals surface area (Å²) in [6, 6.07) is 6.73. The number of aromatic nitrogens is 1. The maximum atomic E-state index is 12.0. The molecule has 1 fully saturated rings. The molecule has 1 N–H and O–H groups in total. The molecule has 2 aromatic rings. The van der Waals surface area contributed by atoms with Crippen LogP contribution in [0.25, 0.3) is 10.9 Å². The summed E-state index contributed by atoms with van der Waals surface area (Å²) in [5.74, 6) is 1.18. The van der Waals surface area contributed by atoms with E-state index in [0.29, 0.717) is 18.8 Å². The van der Waals surface area contributed by atoms with E-state index in [-0.39, 0.29) is 13.1 Å². The summed E-state index contributed by atoms with van der Waals surface area (Å²) in [4.78, 5) is 15.2. The molecule has 1 saturated heterocycles.